The minimum absolute atomic E-state index is 0.00821. The topological polar surface area (TPSA) is 100 Å². The number of rotatable bonds is 9. The van der Waals surface area contributed by atoms with Crippen molar-refractivity contribution in [2.75, 3.05) is 30.4 Å². The van der Waals surface area contributed by atoms with Gasteiger partial charge in [0.15, 0.2) is 8.32 Å². The Morgan fingerprint density at radius 3 is 2.53 bits per heavy atom. The summed E-state index contributed by atoms with van der Waals surface area (Å²) in [7, 11) is 0.658. The van der Waals surface area contributed by atoms with E-state index in [2.05, 4.69) is 62.1 Å². The van der Waals surface area contributed by atoms with Crippen LogP contribution in [0.5, 0.6) is 5.75 Å². The molecule has 1 aliphatic heterocycles. The van der Waals surface area contributed by atoms with Crippen molar-refractivity contribution < 1.29 is 27.1 Å². The molecule has 1 N–H and O–H groups in total. The summed E-state index contributed by atoms with van der Waals surface area (Å²) in [5, 5.41) is 13.0. The van der Waals surface area contributed by atoms with Crippen LogP contribution in [0.3, 0.4) is 0 Å². The Morgan fingerprint density at radius 1 is 1.21 bits per heavy atom. The first kappa shape index (κ1) is 32.0. The predicted octanol–water partition coefficient (Wildman–Crippen LogP) is 6.70. The van der Waals surface area contributed by atoms with E-state index in [1.54, 1.807) is 16.9 Å². The molecule has 0 bridgehead atoms. The number of nitrogens with one attached hydrogen (secondary N) is 1. The van der Waals surface area contributed by atoms with Gasteiger partial charge in [-0.15, -0.1) is 0 Å². The van der Waals surface area contributed by atoms with Gasteiger partial charge in [0.25, 0.3) is 0 Å². The number of nitrogens with zero attached hydrogens (tertiary/aromatic N) is 4. The van der Waals surface area contributed by atoms with Gasteiger partial charge < -0.3 is 24.1 Å². The number of halogens is 3. The molecular formula is C30H34BF3N5O3Si. The predicted molar refractivity (Wildman–Crippen MR) is 164 cm³/mol. The van der Waals surface area contributed by atoms with Crippen LogP contribution in [0.2, 0.25) is 18.1 Å². The van der Waals surface area contributed by atoms with E-state index in [9.17, 15) is 23.2 Å². The van der Waals surface area contributed by atoms with Crippen LogP contribution in [0.1, 0.15) is 44.4 Å². The second-order valence-corrected chi connectivity index (χ2v) is 17.2. The Labute approximate surface area is 251 Å². The summed E-state index contributed by atoms with van der Waals surface area (Å²) in [6.07, 6.45) is -2.36. The van der Waals surface area contributed by atoms with E-state index < -0.39 is 25.5 Å². The fourth-order valence-electron chi connectivity index (χ4n) is 4.74. The second-order valence-electron chi connectivity index (χ2n) is 12.4. The summed E-state index contributed by atoms with van der Waals surface area (Å²) in [5.74, 6) is 0.240. The van der Waals surface area contributed by atoms with E-state index in [0.717, 1.165) is 17.7 Å². The van der Waals surface area contributed by atoms with E-state index in [-0.39, 0.29) is 22.4 Å². The molecule has 0 saturated heterocycles. The molecule has 0 aliphatic carbocycles. The lowest BCUT2D eigenvalue weighted by Gasteiger charge is -2.39. The number of hydrogen-bond donors (Lipinski definition) is 1. The van der Waals surface area contributed by atoms with Crippen molar-refractivity contribution in [3.8, 4) is 23.1 Å². The third-order valence-electron chi connectivity index (χ3n) is 8.21. The molecule has 1 aliphatic rings. The lowest BCUT2D eigenvalue weighted by molar-refractivity contribution is -0.137. The Bertz CT molecular complexity index is 1570. The minimum Gasteiger partial charge on any atom is -0.495 e. The summed E-state index contributed by atoms with van der Waals surface area (Å²) in [5.41, 5.74) is 1.56. The number of aromatic nitrogens is 2. The lowest BCUT2D eigenvalue weighted by atomic mass is 9.83. The zero-order chi connectivity index (χ0) is 31.8. The van der Waals surface area contributed by atoms with E-state index in [4.69, 9.17) is 9.16 Å². The van der Waals surface area contributed by atoms with Crippen molar-refractivity contribution in [1.29, 1.82) is 5.26 Å². The average Bonchev–Trinajstić information content (AvgIpc) is 3.22. The van der Waals surface area contributed by atoms with Crippen molar-refractivity contribution in [3.63, 3.8) is 0 Å². The molecule has 2 heterocycles. The fraction of sp³-hybridized carbons (Fsp3) is 0.400. The molecule has 1 aromatic heterocycles. The highest BCUT2D eigenvalue weighted by molar-refractivity contribution is 6.74. The molecule has 2 aromatic carbocycles. The molecule has 4 rings (SSSR count). The van der Waals surface area contributed by atoms with Crippen molar-refractivity contribution >= 4 is 39.2 Å². The summed E-state index contributed by atoms with van der Waals surface area (Å²) in [4.78, 5) is 22.1. The van der Waals surface area contributed by atoms with Crippen molar-refractivity contribution in [2.45, 2.75) is 57.4 Å². The molecular weight excluding hydrogens is 574 g/mol. The molecule has 0 fully saturated rings. The standard InChI is InChI=1S/C30H34BF3N5O3Si/c1-28(2,3)43(6,7)42-17-29(4)16-39(31-18-40)26-20(15-35)12-19(13-22(26)29)23-10-11-36-27(37-23)38-24-14-21(30(32,33)34)8-9-25(24)41-5/h8-14,18H,16-17H2,1-7H3,(H,36,37,38). The van der Waals surface area contributed by atoms with Gasteiger partial charge in [0, 0.05) is 36.0 Å². The van der Waals surface area contributed by atoms with Crippen LogP contribution < -0.4 is 14.9 Å². The van der Waals surface area contributed by atoms with E-state index in [0.29, 0.717) is 41.8 Å². The van der Waals surface area contributed by atoms with Crippen LogP contribution in [-0.4, -0.2) is 52.1 Å². The number of methoxy groups -OCH3 is 1. The molecule has 0 saturated carbocycles. The monoisotopic (exact) mass is 608 g/mol. The van der Waals surface area contributed by atoms with Gasteiger partial charge in [0.2, 0.25) is 5.95 Å². The van der Waals surface area contributed by atoms with Crippen LogP contribution in [0.15, 0.2) is 42.6 Å². The van der Waals surface area contributed by atoms with Crippen LogP contribution in [-0.2, 0) is 20.8 Å². The summed E-state index contributed by atoms with van der Waals surface area (Å²) < 4.78 is 52.0. The third-order valence-corrected chi connectivity index (χ3v) is 12.7. The largest absolute Gasteiger partial charge is 0.495 e. The maximum absolute atomic E-state index is 13.4. The molecule has 3 aromatic rings. The SMILES string of the molecule is COc1ccc(C(F)(F)F)cc1Nc1nccc(-c2cc(C#N)c3c(c2)C(C)(CO[Si](C)(C)C(C)(C)C)CN3[B]C=O)n1. The number of ether oxygens (including phenoxy) is 1. The molecule has 8 nitrogen and oxygen atoms in total. The number of alkyl halides is 3. The molecule has 1 radical (unpaired) electrons. The Morgan fingerprint density at radius 2 is 1.93 bits per heavy atom. The number of benzene rings is 2. The zero-order valence-electron chi connectivity index (χ0n) is 25.3. The van der Waals surface area contributed by atoms with E-state index >= 15 is 0 Å². The third kappa shape index (κ3) is 6.55. The maximum Gasteiger partial charge on any atom is 0.416 e. The highest BCUT2D eigenvalue weighted by Gasteiger charge is 2.44. The maximum atomic E-state index is 13.4. The van der Waals surface area contributed by atoms with Gasteiger partial charge in [-0.1, -0.05) is 27.7 Å². The zero-order valence-corrected chi connectivity index (χ0v) is 26.3. The average molecular weight is 609 g/mol. The molecule has 0 amide bonds. The summed E-state index contributed by atoms with van der Waals surface area (Å²) in [6, 6.07) is 10.6. The number of carbonyl (C=O) groups excluding carboxylic acids is 1. The minimum atomic E-state index is -4.54. The van der Waals surface area contributed by atoms with Crippen molar-refractivity contribution in [2.24, 2.45) is 0 Å². The first-order valence-corrected chi connectivity index (χ1v) is 16.6. The number of fused-ring (bicyclic) bond motifs is 1. The van der Waals surface area contributed by atoms with Crippen molar-refractivity contribution in [1.82, 2.24) is 9.97 Å². The Hall–Kier alpha value is -3.89. The van der Waals surface area contributed by atoms with Gasteiger partial charge in [0.05, 0.1) is 29.6 Å². The highest BCUT2D eigenvalue weighted by Crippen LogP contribution is 2.46. The van der Waals surface area contributed by atoms with Gasteiger partial charge in [-0.05, 0) is 60.1 Å². The number of anilines is 3. The normalized spacial score (nSPS) is 16.8. The highest BCUT2D eigenvalue weighted by atomic mass is 28.4. The van der Waals surface area contributed by atoms with Gasteiger partial charge >= 0.3 is 13.6 Å². The first-order valence-electron chi connectivity index (χ1n) is 13.7. The molecule has 13 heteroatoms. The quantitative estimate of drug-likeness (QED) is 0.212. The van der Waals surface area contributed by atoms with Crippen LogP contribution in [0, 0.1) is 11.3 Å². The molecule has 0 spiro atoms. The smallest absolute Gasteiger partial charge is 0.416 e. The molecule has 225 valence electrons. The summed E-state index contributed by atoms with van der Waals surface area (Å²) in [6.45, 7) is 13.7. The lowest BCUT2D eigenvalue weighted by Crippen LogP contribution is -2.46. The van der Waals surface area contributed by atoms with E-state index in [1.807, 2.05) is 6.07 Å². The number of hydrogen-bond acceptors (Lipinski definition) is 8. The van der Waals surface area contributed by atoms with E-state index in [1.165, 1.54) is 26.8 Å². The second kappa shape index (κ2) is 11.7. The molecule has 1 unspecified atom stereocenters. The summed E-state index contributed by atoms with van der Waals surface area (Å²) >= 11 is 0. The Kier molecular flexibility index (Phi) is 8.68. The fourth-order valence-corrected chi connectivity index (χ4v) is 5.85. The Balaban J connectivity index is 1.76. The van der Waals surface area contributed by atoms with Gasteiger partial charge in [-0.25, -0.2) is 9.97 Å². The molecule has 1 atom stereocenters. The number of carbonyl (C=O) groups is 1. The van der Waals surface area contributed by atoms with Crippen LogP contribution in [0.4, 0.5) is 30.5 Å². The van der Waals surface area contributed by atoms with Gasteiger partial charge in [-0.2, -0.15) is 18.4 Å². The van der Waals surface area contributed by atoms with Gasteiger partial charge in [-0.3, -0.25) is 0 Å². The van der Waals surface area contributed by atoms with Crippen LogP contribution >= 0.6 is 0 Å². The van der Waals surface area contributed by atoms with Crippen LogP contribution in [0.25, 0.3) is 11.3 Å². The number of nitriles is 1. The van der Waals surface area contributed by atoms with Crippen molar-refractivity contribution in [3.05, 3.63) is 59.3 Å². The first-order chi connectivity index (χ1) is 20.0. The van der Waals surface area contributed by atoms with Gasteiger partial charge in [0.1, 0.15) is 18.0 Å². The molecule has 43 heavy (non-hydrogen) atoms.